The third-order valence-corrected chi connectivity index (χ3v) is 3.18. The second-order valence-corrected chi connectivity index (χ2v) is 5.55. The van der Waals surface area contributed by atoms with Crippen LogP contribution in [-0.4, -0.2) is 36.3 Å². The summed E-state index contributed by atoms with van der Waals surface area (Å²) < 4.78 is 5.03. The van der Waals surface area contributed by atoms with Crippen molar-refractivity contribution in [1.29, 1.82) is 0 Å². The van der Waals surface area contributed by atoms with Gasteiger partial charge in [0, 0.05) is 32.4 Å². The predicted molar refractivity (Wildman–Crippen MR) is 78.8 cm³/mol. The van der Waals surface area contributed by atoms with Gasteiger partial charge in [0.25, 0.3) is 5.69 Å². The molecule has 116 valence electrons. The molecular formula is C14H20N2O5. The fourth-order valence-electron chi connectivity index (χ4n) is 1.78. The van der Waals surface area contributed by atoms with E-state index in [-0.39, 0.29) is 22.4 Å². The Bertz CT molecular complexity index is 528. The van der Waals surface area contributed by atoms with Gasteiger partial charge in [-0.25, -0.2) is 4.79 Å². The quantitative estimate of drug-likeness (QED) is 0.565. The number of non-ortho nitro benzene ring substituents is 1. The summed E-state index contributed by atoms with van der Waals surface area (Å²) in [6, 6.07) is 3.67. The molecule has 1 aromatic rings. The summed E-state index contributed by atoms with van der Waals surface area (Å²) in [6.07, 6.45) is 0.786. The normalized spacial score (nSPS) is 11.2. The van der Waals surface area contributed by atoms with Crippen LogP contribution in [-0.2, 0) is 4.74 Å². The van der Waals surface area contributed by atoms with Gasteiger partial charge in [0.1, 0.15) is 0 Å². The molecule has 1 aromatic carbocycles. The molecule has 21 heavy (non-hydrogen) atoms. The molecule has 0 spiro atoms. The summed E-state index contributed by atoms with van der Waals surface area (Å²) in [6.45, 7) is 5.10. The number of hydrogen-bond acceptors (Lipinski definition) is 5. The van der Waals surface area contributed by atoms with Crippen LogP contribution >= 0.6 is 0 Å². The average molecular weight is 296 g/mol. The van der Waals surface area contributed by atoms with Crippen molar-refractivity contribution < 1.29 is 19.6 Å². The Morgan fingerprint density at radius 3 is 2.67 bits per heavy atom. The van der Waals surface area contributed by atoms with E-state index in [1.165, 1.54) is 18.2 Å². The minimum Gasteiger partial charge on any atom is -0.478 e. The standard InChI is InChI=1S/C14H20N2O5/c1-14(2,6-7-21-3)9-15-12-8-10(16(19)20)4-5-11(12)13(17)18/h4-5,8,15H,6-7,9H2,1-3H3,(H,17,18). The van der Waals surface area contributed by atoms with E-state index >= 15 is 0 Å². The van der Waals surface area contributed by atoms with Crippen molar-refractivity contribution in [1.82, 2.24) is 0 Å². The van der Waals surface area contributed by atoms with Crippen molar-refractivity contribution in [2.24, 2.45) is 5.41 Å². The number of carbonyl (C=O) groups is 1. The second kappa shape index (κ2) is 7.03. The SMILES string of the molecule is COCCC(C)(C)CNc1cc([N+](=O)[O-])ccc1C(=O)O. The number of nitrogens with one attached hydrogen (secondary N) is 1. The van der Waals surface area contributed by atoms with E-state index in [0.717, 1.165) is 6.42 Å². The van der Waals surface area contributed by atoms with E-state index in [2.05, 4.69) is 5.32 Å². The molecule has 0 bridgehead atoms. The molecule has 0 heterocycles. The number of aromatic carboxylic acids is 1. The molecule has 0 saturated carbocycles. The maximum Gasteiger partial charge on any atom is 0.337 e. The van der Waals surface area contributed by atoms with Gasteiger partial charge >= 0.3 is 5.97 Å². The first-order chi connectivity index (χ1) is 9.76. The van der Waals surface area contributed by atoms with Gasteiger partial charge in [-0.1, -0.05) is 13.8 Å². The summed E-state index contributed by atoms with van der Waals surface area (Å²) in [5, 5.41) is 22.9. The Balaban J connectivity index is 2.92. The van der Waals surface area contributed by atoms with E-state index < -0.39 is 10.9 Å². The fourth-order valence-corrected chi connectivity index (χ4v) is 1.78. The molecular weight excluding hydrogens is 276 g/mol. The molecule has 0 aliphatic carbocycles. The number of nitrogens with zero attached hydrogens (tertiary/aromatic N) is 1. The number of nitro benzene ring substituents is 1. The van der Waals surface area contributed by atoms with Crippen LogP contribution in [0.1, 0.15) is 30.6 Å². The van der Waals surface area contributed by atoms with E-state index in [1.54, 1.807) is 7.11 Å². The van der Waals surface area contributed by atoms with Crippen molar-refractivity contribution >= 4 is 17.3 Å². The molecule has 0 aromatic heterocycles. The largest absolute Gasteiger partial charge is 0.478 e. The molecule has 7 nitrogen and oxygen atoms in total. The molecule has 0 saturated heterocycles. The summed E-state index contributed by atoms with van der Waals surface area (Å²) in [4.78, 5) is 21.4. The third kappa shape index (κ3) is 5.03. The zero-order valence-electron chi connectivity index (χ0n) is 12.4. The maximum absolute atomic E-state index is 11.2. The van der Waals surface area contributed by atoms with E-state index in [9.17, 15) is 14.9 Å². The number of rotatable bonds is 8. The third-order valence-electron chi connectivity index (χ3n) is 3.18. The molecule has 7 heteroatoms. The molecule has 0 atom stereocenters. The highest BCUT2D eigenvalue weighted by atomic mass is 16.6. The van der Waals surface area contributed by atoms with Gasteiger partial charge in [0.15, 0.2) is 0 Å². The molecule has 0 aliphatic heterocycles. The van der Waals surface area contributed by atoms with Crippen molar-refractivity contribution in [3.63, 3.8) is 0 Å². The first-order valence-corrected chi connectivity index (χ1v) is 6.51. The lowest BCUT2D eigenvalue weighted by atomic mass is 9.89. The number of ether oxygens (including phenoxy) is 1. The minimum absolute atomic E-state index is 0.0168. The van der Waals surface area contributed by atoms with E-state index in [0.29, 0.717) is 13.2 Å². The first kappa shape index (κ1) is 16.9. The van der Waals surface area contributed by atoms with Crippen LogP contribution in [0.15, 0.2) is 18.2 Å². The number of hydrogen-bond donors (Lipinski definition) is 2. The molecule has 0 fully saturated rings. The highest BCUT2D eigenvalue weighted by Gasteiger charge is 2.20. The van der Waals surface area contributed by atoms with Gasteiger partial charge in [-0.3, -0.25) is 10.1 Å². The monoisotopic (exact) mass is 296 g/mol. The Labute approximate surface area is 123 Å². The number of benzene rings is 1. The highest BCUT2D eigenvalue weighted by Crippen LogP contribution is 2.26. The van der Waals surface area contributed by atoms with Crippen LogP contribution in [0.2, 0.25) is 0 Å². The highest BCUT2D eigenvalue weighted by molar-refractivity contribution is 5.94. The van der Waals surface area contributed by atoms with Crippen molar-refractivity contribution in [2.75, 3.05) is 25.6 Å². The first-order valence-electron chi connectivity index (χ1n) is 6.51. The maximum atomic E-state index is 11.2. The summed E-state index contributed by atoms with van der Waals surface area (Å²) in [5.74, 6) is -1.12. The lowest BCUT2D eigenvalue weighted by Gasteiger charge is -2.25. The Morgan fingerprint density at radius 2 is 2.14 bits per heavy atom. The van der Waals surface area contributed by atoms with Crippen LogP contribution in [0.4, 0.5) is 11.4 Å². The topological polar surface area (TPSA) is 102 Å². The van der Waals surface area contributed by atoms with Crippen molar-refractivity contribution in [3.05, 3.63) is 33.9 Å². The average Bonchev–Trinajstić information content (AvgIpc) is 2.42. The number of carboxylic acids is 1. The van der Waals surface area contributed by atoms with Crippen LogP contribution in [0.5, 0.6) is 0 Å². The van der Waals surface area contributed by atoms with E-state index in [4.69, 9.17) is 9.84 Å². The van der Waals surface area contributed by atoms with Gasteiger partial charge < -0.3 is 15.2 Å². The van der Waals surface area contributed by atoms with E-state index in [1.807, 2.05) is 13.8 Å². The molecule has 0 aliphatic rings. The van der Waals surface area contributed by atoms with Gasteiger partial charge in [-0.15, -0.1) is 0 Å². The molecule has 0 amide bonds. The summed E-state index contributed by atoms with van der Waals surface area (Å²) >= 11 is 0. The zero-order chi connectivity index (χ0) is 16.0. The van der Waals surface area contributed by atoms with Gasteiger partial charge in [0.2, 0.25) is 0 Å². The Kier molecular flexibility index (Phi) is 5.66. The number of nitro groups is 1. The zero-order valence-corrected chi connectivity index (χ0v) is 12.4. The predicted octanol–water partition coefficient (Wildman–Crippen LogP) is 2.77. The molecule has 0 unspecified atom stereocenters. The fraction of sp³-hybridized carbons (Fsp3) is 0.500. The van der Waals surface area contributed by atoms with Crippen LogP contribution in [0.3, 0.4) is 0 Å². The number of carboxylic acid groups (broad SMARTS) is 1. The summed E-state index contributed by atoms with van der Waals surface area (Å²) in [7, 11) is 1.62. The summed E-state index contributed by atoms with van der Waals surface area (Å²) in [5.41, 5.74) is -0.00122. The Hall–Kier alpha value is -2.15. The number of anilines is 1. The number of methoxy groups -OCH3 is 1. The smallest absolute Gasteiger partial charge is 0.337 e. The van der Waals surface area contributed by atoms with Gasteiger partial charge in [0.05, 0.1) is 16.2 Å². The van der Waals surface area contributed by atoms with Gasteiger partial charge in [-0.05, 0) is 17.9 Å². The lowest BCUT2D eigenvalue weighted by molar-refractivity contribution is -0.384. The Morgan fingerprint density at radius 1 is 1.48 bits per heavy atom. The lowest BCUT2D eigenvalue weighted by Crippen LogP contribution is -2.25. The second-order valence-electron chi connectivity index (χ2n) is 5.55. The molecule has 2 N–H and O–H groups in total. The van der Waals surface area contributed by atoms with Gasteiger partial charge in [-0.2, -0.15) is 0 Å². The molecule has 1 rings (SSSR count). The van der Waals surface area contributed by atoms with Crippen molar-refractivity contribution in [2.45, 2.75) is 20.3 Å². The van der Waals surface area contributed by atoms with Crippen LogP contribution < -0.4 is 5.32 Å². The molecule has 0 radical (unpaired) electrons. The minimum atomic E-state index is -1.12. The van der Waals surface area contributed by atoms with Crippen LogP contribution in [0, 0.1) is 15.5 Å². The van der Waals surface area contributed by atoms with Crippen molar-refractivity contribution in [3.8, 4) is 0 Å². The van der Waals surface area contributed by atoms with Crippen LogP contribution in [0.25, 0.3) is 0 Å².